The van der Waals surface area contributed by atoms with Crippen molar-refractivity contribution < 1.29 is 37.0 Å². The second-order valence-electron chi connectivity index (χ2n) is 7.26. The normalized spacial score (nSPS) is 11.4. The highest BCUT2D eigenvalue weighted by Gasteiger charge is 2.25. The van der Waals surface area contributed by atoms with Crippen molar-refractivity contribution in [3.05, 3.63) is 65.7 Å². The van der Waals surface area contributed by atoms with E-state index in [0.29, 0.717) is 23.7 Å². The molecular formula is C25H27F3O5. The first-order valence-corrected chi connectivity index (χ1v) is 10.7. The molecule has 0 amide bonds. The molecule has 0 bridgehead atoms. The van der Waals surface area contributed by atoms with Gasteiger partial charge in [-0.15, -0.1) is 0 Å². The van der Waals surface area contributed by atoms with Crippen LogP contribution in [0.25, 0.3) is 6.08 Å². The zero-order valence-electron chi connectivity index (χ0n) is 18.4. The van der Waals surface area contributed by atoms with Gasteiger partial charge in [0.15, 0.2) is 0 Å². The molecule has 0 atom stereocenters. The molecule has 0 saturated carbocycles. The highest BCUT2D eigenvalue weighted by molar-refractivity contribution is 5.91. The van der Waals surface area contributed by atoms with Crippen molar-refractivity contribution in [1.29, 1.82) is 0 Å². The van der Waals surface area contributed by atoms with E-state index in [4.69, 9.17) is 14.2 Å². The Balaban J connectivity index is 1.78. The minimum Gasteiger partial charge on any atom is -0.494 e. The first kappa shape index (κ1) is 26.0. The lowest BCUT2D eigenvalue weighted by molar-refractivity contribution is -0.138. The molecule has 2 aromatic carbocycles. The Morgan fingerprint density at radius 1 is 0.879 bits per heavy atom. The van der Waals surface area contributed by atoms with Crippen LogP contribution in [0.4, 0.5) is 13.2 Å². The van der Waals surface area contributed by atoms with Gasteiger partial charge in [-0.1, -0.05) is 25.5 Å². The molecule has 0 aliphatic carbocycles. The average molecular weight is 464 g/mol. The number of halogens is 3. The average Bonchev–Trinajstić information content (AvgIpc) is 2.78. The molecule has 0 saturated heterocycles. The largest absolute Gasteiger partial charge is 0.494 e. The number of carbonyl (C=O) groups excluding carboxylic acids is 2. The van der Waals surface area contributed by atoms with Gasteiger partial charge in [-0.2, -0.15) is 13.2 Å². The maximum absolute atomic E-state index is 12.3. The van der Waals surface area contributed by atoms with Crippen LogP contribution < -0.4 is 9.47 Å². The molecule has 178 valence electrons. The number of hydrogen-bond donors (Lipinski definition) is 0. The third-order valence-electron chi connectivity index (χ3n) is 4.46. The topological polar surface area (TPSA) is 61.8 Å². The molecule has 0 N–H and O–H groups in total. The molecule has 0 aliphatic heterocycles. The number of unbranched alkanes of at least 4 members (excludes halogenated alkanes) is 2. The summed E-state index contributed by atoms with van der Waals surface area (Å²) >= 11 is 0. The molecule has 33 heavy (non-hydrogen) atoms. The minimum absolute atomic E-state index is 0.00549. The molecular weight excluding hydrogens is 437 g/mol. The van der Waals surface area contributed by atoms with E-state index in [0.717, 1.165) is 18.4 Å². The van der Waals surface area contributed by atoms with Crippen molar-refractivity contribution >= 4 is 18.0 Å². The summed E-state index contributed by atoms with van der Waals surface area (Å²) in [4.78, 5) is 23.9. The van der Waals surface area contributed by atoms with Crippen molar-refractivity contribution in [1.82, 2.24) is 0 Å². The van der Waals surface area contributed by atoms with E-state index < -0.39 is 24.5 Å². The summed E-state index contributed by atoms with van der Waals surface area (Å²) in [7, 11) is 0. The monoisotopic (exact) mass is 464 g/mol. The molecule has 0 spiro atoms. The smallest absolute Gasteiger partial charge is 0.389 e. The Hall–Kier alpha value is -3.29. The van der Waals surface area contributed by atoms with Crippen molar-refractivity contribution in [2.45, 2.75) is 45.2 Å². The summed E-state index contributed by atoms with van der Waals surface area (Å²) in [5, 5.41) is 0. The number of carbonyl (C=O) groups is 2. The van der Waals surface area contributed by atoms with Crippen LogP contribution >= 0.6 is 0 Å². The maximum Gasteiger partial charge on any atom is 0.389 e. The van der Waals surface area contributed by atoms with Crippen molar-refractivity contribution in [3.8, 4) is 11.5 Å². The van der Waals surface area contributed by atoms with E-state index in [-0.39, 0.29) is 19.4 Å². The molecule has 5 nitrogen and oxygen atoms in total. The van der Waals surface area contributed by atoms with Crippen LogP contribution in [0.5, 0.6) is 11.5 Å². The van der Waals surface area contributed by atoms with E-state index in [2.05, 4.69) is 0 Å². The number of ether oxygens (including phenoxy) is 3. The third-order valence-corrected chi connectivity index (χ3v) is 4.46. The fraction of sp³-hybridized carbons (Fsp3) is 0.360. The van der Waals surface area contributed by atoms with Gasteiger partial charge in [0, 0.05) is 12.5 Å². The van der Waals surface area contributed by atoms with Gasteiger partial charge in [-0.3, -0.25) is 0 Å². The Morgan fingerprint density at radius 2 is 1.55 bits per heavy atom. The highest BCUT2D eigenvalue weighted by atomic mass is 19.4. The fourth-order valence-corrected chi connectivity index (χ4v) is 2.65. The van der Waals surface area contributed by atoms with Gasteiger partial charge in [0.05, 0.1) is 18.8 Å². The summed E-state index contributed by atoms with van der Waals surface area (Å²) in [6, 6.07) is 12.8. The van der Waals surface area contributed by atoms with Gasteiger partial charge in [0.25, 0.3) is 0 Å². The lowest BCUT2D eigenvalue weighted by Gasteiger charge is -2.09. The summed E-state index contributed by atoms with van der Waals surface area (Å²) in [6.07, 6.45) is 0.0353. The Labute approximate surface area is 191 Å². The number of esters is 2. The van der Waals surface area contributed by atoms with Gasteiger partial charge in [0.2, 0.25) is 0 Å². The molecule has 0 heterocycles. The van der Waals surface area contributed by atoms with Crippen LogP contribution in [0.2, 0.25) is 0 Å². The highest BCUT2D eigenvalue weighted by Crippen LogP contribution is 2.22. The SMILES string of the molecule is CCCCOC(=O)C=Cc1ccc(OC(=O)c2ccc(OCCCCC(F)(F)F)cc2)cc1. The lowest BCUT2D eigenvalue weighted by Crippen LogP contribution is -2.09. The second-order valence-corrected chi connectivity index (χ2v) is 7.26. The van der Waals surface area contributed by atoms with Crippen LogP contribution in [0.3, 0.4) is 0 Å². The van der Waals surface area contributed by atoms with Gasteiger partial charge in [-0.25, -0.2) is 9.59 Å². The quantitative estimate of drug-likeness (QED) is 0.158. The summed E-state index contributed by atoms with van der Waals surface area (Å²) in [5.41, 5.74) is 1.05. The van der Waals surface area contributed by atoms with Crippen molar-refractivity contribution in [2.75, 3.05) is 13.2 Å². The van der Waals surface area contributed by atoms with Crippen LogP contribution in [0.1, 0.15) is 54.9 Å². The van der Waals surface area contributed by atoms with Gasteiger partial charge < -0.3 is 14.2 Å². The van der Waals surface area contributed by atoms with E-state index in [1.807, 2.05) is 6.92 Å². The van der Waals surface area contributed by atoms with Crippen LogP contribution in [-0.2, 0) is 9.53 Å². The van der Waals surface area contributed by atoms with Crippen LogP contribution in [0, 0.1) is 0 Å². The lowest BCUT2D eigenvalue weighted by atomic mass is 10.2. The number of rotatable bonds is 12. The maximum atomic E-state index is 12.3. The summed E-state index contributed by atoms with van der Waals surface area (Å²) in [5.74, 6) is -0.169. The molecule has 0 aromatic heterocycles. The number of hydrogen-bond acceptors (Lipinski definition) is 5. The van der Waals surface area contributed by atoms with E-state index in [1.165, 1.54) is 18.2 Å². The minimum atomic E-state index is -4.15. The molecule has 0 radical (unpaired) electrons. The van der Waals surface area contributed by atoms with Gasteiger partial charge >= 0.3 is 18.1 Å². The Morgan fingerprint density at radius 3 is 2.18 bits per heavy atom. The second kappa shape index (κ2) is 13.3. The number of alkyl halides is 3. The first-order chi connectivity index (χ1) is 15.8. The zero-order chi connectivity index (χ0) is 24.1. The summed E-state index contributed by atoms with van der Waals surface area (Å²) in [6.45, 7) is 2.57. The van der Waals surface area contributed by atoms with Gasteiger partial charge in [0.1, 0.15) is 11.5 Å². The van der Waals surface area contributed by atoms with Gasteiger partial charge in [-0.05, 0) is 67.3 Å². The Bertz CT molecular complexity index is 903. The molecule has 2 aromatic rings. The predicted molar refractivity (Wildman–Crippen MR) is 118 cm³/mol. The molecule has 0 fully saturated rings. The molecule has 8 heteroatoms. The molecule has 2 rings (SSSR count). The number of benzene rings is 2. The standard InChI is InChI=1S/C25H27F3O5/c1-2-3-17-32-23(29)15-8-19-6-11-22(12-7-19)33-24(30)20-9-13-21(14-10-20)31-18-5-4-16-25(26,27)28/h6-15H,2-5,16-18H2,1H3. The van der Waals surface area contributed by atoms with Crippen molar-refractivity contribution in [2.24, 2.45) is 0 Å². The third kappa shape index (κ3) is 10.7. The van der Waals surface area contributed by atoms with Crippen molar-refractivity contribution in [3.63, 3.8) is 0 Å². The fourth-order valence-electron chi connectivity index (χ4n) is 2.65. The first-order valence-electron chi connectivity index (χ1n) is 10.7. The molecule has 0 unspecified atom stereocenters. The Kier molecular flexibility index (Phi) is 10.5. The van der Waals surface area contributed by atoms with E-state index in [9.17, 15) is 22.8 Å². The zero-order valence-corrected chi connectivity index (χ0v) is 18.4. The van der Waals surface area contributed by atoms with Crippen LogP contribution in [0.15, 0.2) is 54.6 Å². The van der Waals surface area contributed by atoms with E-state index in [1.54, 1.807) is 42.5 Å². The summed E-state index contributed by atoms with van der Waals surface area (Å²) < 4.78 is 52.1. The predicted octanol–water partition coefficient (Wildman–Crippen LogP) is 6.37. The molecule has 0 aliphatic rings. The van der Waals surface area contributed by atoms with Crippen LogP contribution in [-0.4, -0.2) is 31.3 Å². The van der Waals surface area contributed by atoms with E-state index >= 15 is 0 Å².